The molecule has 1 atom stereocenters. The molecule has 2 nitrogen and oxygen atoms in total. The van der Waals surface area contributed by atoms with Crippen molar-refractivity contribution >= 4 is 12.4 Å². The average molecular weight is 305 g/mol. The third-order valence-corrected chi connectivity index (χ3v) is 4.09. The lowest BCUT2D eigenvalue weighted by Gasteiger charge is -2.31. The maximum absolute atomic E-state index is 13.3. The number of hydrogen-bond acceptors (Lipinski definition) is 2. The van der Waals surface area contributed by atoms with Gasteiger partial charge in [0.2, 0.25) is 0 Å². The van der Waals surface area contributed by atoms with E-state index in [2.05, 4.69) is 10.2 Å². The van der Waals surface area contributed by atoms with E-state index in [9.17, 15) is 8.78 Å². The lowest BCUT2D eigenvalue weighted by atomic mass is 9.96. The normalized spacial score (nSPS) is 17.9. The minimum Gasteiger partial charge on any atom is -0.317 e. The Balaban J connectivity index is 0.00000200. The van der Waals surface area contributed by atoms with Gasteiger partial charge in [-0.1, -0.05) is 6.07 Å². The van der Waals surface area contributed by atoms with E-state index in [4.69, 9.17) is 0 Å². The maximum atomic E-state index is 13.3. The Morgan fingerprint density at radius 2 is 1.90 bits per heavy atom. The van der Waals surface area contributed by atoms with Gasteiger partial charge in [-0.2, -0.15) is 0 Å². The molecule has 1 heterocycles. The highest BCUT2D eigenvalue weighted by Gasteiger charge is 2.19. The third kappa shape index (κ3) is 4.40. The summed E-state index contributed by atoms with van der Waals surface area (Å²) in [4.78, 5) is 2.22. The Hall–Kier alpha value is -0.710. The summed E-state index contributed by atoms with van der Waals surface area (Å²) < 4.78 is 26.2. The Morgan fingerprint density at radius 1 is 1.25 bits per heavy atom. The molecule has 1 unspecified atom stereocenters. The number of nitrogens with one attached hydrogen (secondary N) is 1. The summed E-state index contributed by atoms with van der Waals surface area (Å²) in [6.45, 7) is 5.20. The fraction of sp³-hybridized carbons (Fsp3) is 0.600. The van der Waals surface area contributed by atoms with Gasteiger partial charge in [-0.05, 0) is 63.5 Å². The van der Waals surface area contributed by atoms with Gasteiger partial charge >= 0.3 is 0 Å². The van der Waals surface area contributed by atoms with E-state index in [1.807, 2.05) is 14.0 Å². The predicted molar refractivity (Wildman–Crippen MR) is 80.2 cm³/mol. The first kappa shape index (κ1) is 17.3. The van der Waals surface area contributed by atoms with Crippen molar-refractivity contribution in [3.05, 3.63) is 35.4 Å². The van der Waals surface area contributed by atoms with E-state index in [0.717, 1.165) is 25.2 Å². The Kier molecular flexibility index (Phi) is 6.86. The van der Waals surface area contributed by atoms with Gasteiger partial charge < -0.3 is 5.32 Å². The number of piperidine rings is 1. The largest absolute Gasteiger partial charge is 0.317 e. The topological polar surface area (TPSA) is 15.3 Å². The second kappa shape index (κ2) is 7.91. The second-order valence-electron chi connectivity index (χ2n) is 5.48. The molecule has 1 aromatic rings. The first-order valence-corrected chi connectivity index (χ1v) is 6.94. The van der Waals surface area contributed by atoms with E-state index in [1.54, 1.807) is 6.07 Å². The molecule has 0 amide bonds. The van der Waals surface area contributed by atoms with Crippen molar-refractivity contribution in [1.29, 1.82) is 0 Å². The van der Waals surface area contributed by atoms with E-state index in [-0.39, 0.29) is 18.4 Å². The van der Waals surface area contributed by atoms with Crippen LogP contribution in [0.3, 0.4) is 0 Å². The predicted octanol–water partition coefficient (Wildman–Crippen LogP) is 3.38. The Morgan fingerprint density at radius 3 is 2.50 bits per heavy atom. The first-order valence-electron chi connectivity index (χ1n) is 6.94. The van der Waals surface area contributed by atoms with E-state index < -0.39 is 11.6 Å². The minimum atomic E-state index is -0.781. The van der Waals surface area contributed by atoms with Gasteiger partial charge in [-0.15, -0.1) is 12.4 Å². The van der Waals surface area contributed by atoms with Gasteiger partial charge in [0, 0.05) is 12.6 Å². The highest BCUT2D eigenvalue weighted by molar-refractivity contribution is 5.85. The molecular weight excluding hydrogens is 282 g/mol. The molecule has 0 aliphatic carbocycles. The van der Waals surface area contributed by atoms with Crippen molar-refractivity contribution in [2.45, 2.75) is 25.8 Å². The summed E-state index contributed by atoms with van der Waals surface area (Å²) in [7, 11) is 2.05. The number of rotatable bonds is 4. The summed E-state index contributed by atoms with van der Waals surface area (Å²) in [5.74, 6) is -0.851. The fourth-order valence-corrected chi connectivity index (χ4v) is 2.66. The molecule has 0 spiro atoms. The van der Waals surface area contributed by atoms with Crippen LogP contribution in [0.15, 0.2) is 18.2 Å². The molecule has 1 aromatic carbocycles. The lowest BCUT2D eigenvalue weighted by molar-refractivity contribution is 0.196. The van der Waals surface area contributed by atoms with Crippen LogP contribution in [0.4, 0.5) is 8.78 Å². The van der Waals surface area contributed by atoms with Crippen molar-refractivity contribution in [1.82, 2.24) is 10.2 Å². The van der Waals surface area contributed by atoms with Crippen LogP contribution in [-0.2, 0) is 0 Å². The number of benzene rings is 1. The molecule has 2 rings (SSSR count). The molecule has 0 bridgehead atoms. The standard InChI is InChI=1S/C15H22F2N2.ClH/c1-11(13-3-4-14(16)15(17)9-13)19(2)10-12-5-7-18-8-6-12;/h3-4,9,11-12,18H,5-8,10H2,1-2H3;1H. The number of nitrogens with zero attached hydrogens (tertiary/aromatic N) is 1. The van der Waals surface area contributed by atoms with Gasteiger partial charge in [0.15, 0.2) is 11.6 Å². The van der Waals surface area contributed by atoms with Crippen molar-refractivity contribution in [3.8, 4) is 0 Å². The molecule has 1 aliphatic heterocycles. The molecule has 1 aliphatic rings. The molecule has 0 saturated carbocycles. The highest BCUT2D eigenvalue weighted by atomic mass is 35.5. The smallest absolute Gasteiger partial charge is 0.159 e. The number of hydrogen-bond donors (Lipinski definition) is 1. The van der Waals surface area contributed by atoms with Crippen LogP contribution in [0.25, 0.3) is 0 Å². The van der Waals surface area contributed by atoms with Gasteiger partial charge in [-0.25, -0.2) is 8.78 Å². The summed E-state index contributed by atoms with van der Waals surface area (Å²) in [6, 6.07) is 4.28. The molecule has 5 heteroatoms. The average Bonchev–Trinajstić information content (AvgIpc) is 2.42. The Bertz CT molecular complexity index is 422. The van der Waals surface area contributed by atoms with E-state index in [0.29, 0.717) is 5.92 Å². The quantitative estimate of drug-likeness (QED) is 0.917. The number of halogens is 3. The lowest BCUT2D eigenvalue weighted by Crippen LogP contribution is -2.35. The fourth-order valence-electron chi connectivity index (χ4n) is 2.66. The molecule has 0 aromatic heterocycles. The highest BCUT2D eigenvalue weighted by Crippen LogP contribution is 2.23. The minimum absolute atomic E-state index is 0. The van der Waals surface area contributed by atoms with Crippen LogP contribution >= 0.6 is 12.4 Å². The van der Waals surface area contributed by atoms with Crippen LogP contribution < -0.4 is 5.32 Å². The maximum Gasteiger partial charge on any atom is 0.159 e. The molecule has 1 saturated heterocycles. The van der Waals surface area contributed by atoms with E-state index in [1.165, 1.54) is 25.0 Å². The SMILES string of the molecule is CC(c1ccc(F)c(F)c1)N(C)CC1CCNCC1.Cl. The van der Waals surface area contributed by atoms with Crippen LogP contribution in [0, 0.1) is 17.6 Å². The summed E-state index contributed by atoms with van der Waals surface area (Å²) in [5, 5.41) is 3.35. The Labute approximate surface area is 126 Å². The molecule has 1 fully saturated rings. The molecule has 114 valence electrons. The molecular formula is C15H23ClF2N2. The summed E-state index contributed by atoms with van der Waals surface area (Å²) in [5.41, 5.74) is 0.829. The van der Waals surface area contributed by atoms with Gasteiger partial charge in [0.05, 0.1) is 0 Å². The van der Waals surface area contributed by atoms with Gasteiger partial charge in [-0.3, -0.25) is 4.90 Å². The van der Waals surface area contributed by atoms with Crippen molar-refractivity contribution in [3.63, 3.8) is 0 Å². The molecule has 20 heavy (non-hydrogen) atoms. The second-order valence-corrected chi connectivity index (χ2v) is 5.48. The van der Waals surface area contributed by atoms with Crippen LogP contribution in [0.1, 0.15) is 31.4 Å². The van der Waals surface area contributed by atoms with Gasteiger partial charge in [0.1, 0.15) is 0 Å². The monoisotopic (exact) mass is 304 g/mol. The van der Waals surface area contributed by atoms with E-state index >= 15 is 0 Å². The summed E-state index contributed by atoms with van der Waals surface area (Å²) in [6.07, 6.45) is 2.38. The van der Waals surface area contributed by atoms with Crippen molar-refractivity contribution < 1.29 is 8.78 Å². The van der Waals surface area contributed by atoms with Crippen LogP contribution in [0.2, 0.25) is 0 Å². The van der Waals surface area contributed by atoms with Crippen LogP contribution in [0.5, 0.6) is 0 Å². The zero-order valence-electron chi connectivity index (χ0n) is 12.0. The first-order chi connectivity index (χ1) is 9.08. The molecule has 0 radical (unpaired) electrons. The van der Waals surface area contributed by atoms with Gasteiger partial charge in [0.25, 0.3) is 0 Å². The zero-order chi connectivity index (χ0) is 13.8. The third-order valence-electron chi connectivity index (χ3n) is 4.09. The molecule has 1 N–H and O–H groups in total. The van der Waals surface area contributed by atoms with Crippen molar-refractivity contribution in [2.24, 2.45) is 5.92 Å². The summed E-state index contributed by atoms with van der Waals surface area (Å²) >= 11 is 0. The van der Waals surface area contributed by atoms with Crippen LogP contribution in [-0.4, -0.2) is 31.6 Å². The zero-order valence-corrected chi connectivity index (χ0v) is 12.9. The van der Waals surface area contributed by atoms with Crippen molar-refractivity contribution in [2.75, 3.05) is 26.7 Å².